The fraction of sp³-hybridized carbons (Fsp3) is 1.00. The largest absolute Gasteiger partial charge is 0.329 e. The molecule has 0 radical (unpaired) electrons. The summed E-state index contributed by atoms with van der Waals surface area (Å²) in [5, 5.41) is 0. The lowest BCUT2D eigenvalue weighted by Crippen LogP contribution is -2.57. The molecular weight excluding hydrogens is 244 g/mol. The molecule has 0 aromatic rings. The average molecular weight is 278 g/mol. The maximum atomic E-state index is 6.29. The molecule has 2 bridgehead atoms. The lowest BCUT2D eigenvalue weighted by Gasteiger charge is -2.49. The molecule has 0 aromatic carbocycles. The summed E-state index contributed by atoms with van der Waals surface area (Å²) in [6, 6.07) is 0. The van der Waals surface area contributed by atoms with Crippen LogP contribution in [0.15, 0.2) is 0 Å². The topological polar surface area (TPSA) is 29.3 Å². The molecule has 2 nitrogen and oxygen atoms in total. The molecule has 3 aliphatic carbocycles. The molecule has 0 spiro atoms. The molecule has 5 atom stereocenters. The molecule has 3 fully saturated rings. The van der Waals surface area contributed by atoms with Crippen LogP contribution in [-0.2, 0) is 0 Å². The van der Waals surface area contributed by atoms with E-state index in [1.807, 2.05) is 0 Å². The van der Waals surface area contributed by atoms with E-state index in [2.05, 4.69) is 18.7 Å². The first-order chi connectivity index (χ1) is 9.66. The Morgan fingerprint density at radius 2 is 2.05 bits per heavy atom. The van der Waals surface area contributed by atoms with E-state index in [1.165, 1.54) is 64.5 Å². The Labute approximate surface area is 125 Å². The van der Waals surface area contributed by atoms with Gasteiger partial charge in [-0.25, -0.2) is 0 Å². The van der Waals surface area contributed by atoms with Crippen molar-refractivity contribution in [2.24, 2.45) is 29.4 Å². The summed E-state index contributed by atoms with van der Waals surface area (Å²) in [5.41, 5.74) is 6.61. The Kier molecular flexibility index (Phi) is 4.42. The van der Waals surface area contributed by atoms with E-state index in [-0.39, 0.29) is 0 Å². The second-order valence-corrected chi connectivity index (χ2v) is 8.10. The van der Waals surface area contributed by atoms with Crippen LogP contribution in [0.1, 0.15) is 65.2 Å². The number of fused-ring (bicyclic) bond motifs is 2. The minimum absolute atomic E-state index is 0.328. The van der Waals surface area contributed by atoms with Crippen LogP contribution in [0.5, 0.6) is 0 Å². The summed E-state index contributed by atoms with van der Waals surface area (Å²) in [6.45, 7) is 8.17. The van der Waals surface area contributed by atoms with Gasteiger partial charge >= 0.3 is 0 Å². The van der Waals surface area contributed by atoms with Crippen molar-refractivity contribution in [1.29, 1.82) is 0 Å². The molecule has 2 N–H and O–H groups in total. The number of hydrogen-bond donors (Lipinski definition) is 1. The zero-order valence-corrected chi connectivity index (χ0v) is 13.6. The zero-order chi connectivity index (χ0) is 14.2. The van der Waals surface area contributed by atoms with Gasteiger partial charge in [-0.1, -0.05) is 33.1 Å². The summed E-state index contributed by atoms with van der Waals surface area (Å²) in [7, 11) is 0. The van der Waals surface area contributed by atoms with Crippen LogP contribution in [0.25, 0.3) is 0 Å². The quantitative estimate of drug-likeness (QED) is 0.831. The highest BCUT2D eigenvalue weighted by atomic mass is 15.2. The summed E-state index contributed by atoms with van der Waals surface area (Å²) >= 11 is 0. The molecule has 3 saturated carbocycles. The number of nitrogens with two attached hydrogens (primary N) is 1. The van der Waals surface area contributed by atoms with Crippen molar-refractivity contribution in [1.82, 2.24) is 4.90 Å². The van der Waals surface area contributed by atoms with Gasteiger partial charge in [0.25, 0.3) is 0 Å². The van der Waals surface area contributed by atoms with Crippen molar-refractivity contribution < 1.29 is 0 Å². The van der Waals surface area contributed by atoms with Gasteiger partial charge in [0.1, 0.15) is 0 Å². The molecule has 0 heterocycles. The number of nitrogens with zero attached hydrogens (tertiary/aromatic N) is 1. The van der Waals surface area contributed by atoms with Crippen LogP contribution >= 0.6 is 0 Å². The normalized spacial score (nSPS) is 44.4. The van der Waals surface area contributed by atoms with Gasteiger partial charge in [-0.3, -0.25) is 4.90 Å². The molecule has 0 saturated heterocycles. The molecule has 3 rings (SSSR count). The fourth-order valence-electron chi connectivity index (χ4n) is 5.78. The predicted octanol–water partition coefficient (Wildman–Crippen LogP) is 3.65. The van der Waals surface area contributed by atoms with Crippen molar-refractivity contribution in [3.63, 3.8) is 0 Å². The minimum Gasteiger partial charge on any atom is -0.329 e. The van der Waals surface area contributed by atoms with Gasteiger partial charge in [-0.05, 0) is 62.3 Å². The molecule has 3 aliphatic rings. The third kappa shape index (κ3) is 2.66. The zero-order valence-electron chi connectivity index (χ0n) is 13.6. The first-order valence-corrected chi connectivity index (χ1v) is 9.12. The lowest BCUT2D eigenvalue weighted by atomic mass is 9.74. The van der Waals surface area contributed by atoms with Crippen LogP contribution in [0.4, 0.5) is 0 Å². The molecule has 0 amide bonds. The highest BCUT2D eigenvalue weighted by Gasteiger charge is 2.44. The SMILES string of the molecule is CCN(CC1CC2CCC1C2)C1(CN)CCCC(C)C1. The van der Waals surface area contributed by atoms with Crippen molar-refractivity contribution >= 4 is 0 Å². The second kappa shape index (κ2) is 5.96. The third-order valence-corrected chi connectivity index (χ3v) is 6.84. The molecule has 116 valence electrons. The fourth-order valence-corrected chi connectivity index (χ4v) is 5.78. The van der Waals surface area contributed by atoms with Crippen LogP contribution in [-0.4, -0.2) is 30.1 Å². The summed E-state index contributed by atoms with van der Waals surface area (Å²) < 4.78 is 0. The Bertz CT molecular complexity index is 329. The number of likely N-dealkylation sites (N-methyl/N-ethyl adjacent to an activating group) is 1. The minimum atomic E-state index is 0.328. The maximum Gasteiger partial charge on any atom is 0.0334 e. The van der Waals surface area contributed by atoms with Crippen molar-refractivity contribution in [3.8, 4) is 0 Å². The Morgan fingerprint density at radius 1 is 1.20 bits per heavy atom. The molecule has 0 aliphatic heterocycles. The highest BCUT2D eigenvalue weighted by Crippen LogP contribution is 2.49. The van der Waals surface area contributed by atoms with E-state index in [0.717, 1.165) is 30.2 Å². The Morgan fingerprint density at radius 3 is 2.60 bits per heavy atom. The smallest absolute Gasteiger partial charge is 0.0334 e. The van der Waals surface area contributed by atoms with Crippen molar-refractivity contribution in [2.75, 3.05) is 19.6 Å². The molecule has 5 unspecified atom stereocenters. The summed E-state index contributed by atoms with van der Waals surface area (Å²) in [6.07, 6.45) is 11.5. The van der Waals surface area contributed by atoms with Gasteiger partial charge in [-0.2, -0.15) is 0 Å². The van der Waals surface area contributed by atoms with Crippen LogP contribution in [0, 0.1) is 23.7 Å². The van der Waals surface area contributed by atoms with Gasteiger partial charge in [0, 0.05) is 18.6 Å². The van der Waals surface area contributed by atoms with Gasteiger partial charge in [0.05, 0.1) is 0 Å². The molecule has 0 aromatic heterocycles. The monoisotopic (exact) mass is 278 g/mol. The lowest BCUT2D eigenvalue weighted by molar-refractivity contribution is 0.0235. The van der Waals surface area contributed by atoms with Crippen LogP contribution in [0.3, 0.4) is 0 Å². The van der Waals surface area contributed by atoms with E-state index >= 15 is 0 Å². The first kappa shape index (κ1) is 14.8. The van der Waals surface area contributed by atoms with E-state index in [9.17, 15) is 0 Å². The first-order valence-electron chi connectivity index (χ1n) is 9.12. The number of rotatable bonds is 5. The summed E-state index contributed by atoms with van der Waals surface area (Å²) in [4.78, 5) is 2.80. The average Bonchev–Trinajstić information content (AvgIpc) is 3.07. The van der Waals surface area contributed by atoms with Gasteiger partial charge in [0.2, 0.25) is 0 Å². The second-order valence-electron chi connectivity index (χ2n) is 8.10. The van der Waals surface area contributed by atoms with Crippen LogP contribution in [0.2, 0.25) is 0 Å². The van der Waals surface area contributed by atoms with Crippen molar-refractivity contribution in [3.05, 3.63) is 0 Å². The third-order valence-electron chi connectivity index (χ3n) is 6.84. The van der Waals surface area contributed by atoms with Gasteiger partial charge < -0.3 is 5.73 Å². The number of hydrogen-bond acceptors (Lipinski definition) is 2. The summed E-state index contributed by atoms with van der Waals surface area (Å²) in [5.74, 6) is 3.96. The standard InChI is InChI=1S/C18H34N2/c1-3-20(12-17-10-15-6-7-16(17)9-15)18(13-19)8-4-5-14(2)11-18/h14-17H,3-13,19H2,1-2H3. The van der Waals surface area contributed by atoms with E-state index in [0.29, 0.717) is 5.54 Å². The van der Waals surface area contributed by atoms with E-state index < -0.39 is 0 Å². The predicted molar refractivity (Wildman–Crippen MR) is 85.6 cm³/mol. The van der Waals surface area contributed by atoms with Gasteiger partial charge in [0.15, 0.2) is 0 Å². The Balaban J connectivity index is 1.67. The molecule has 20 heavy (non-hydrogen) atoms. The van der Waals surface area contributed by atoms with E-state index in [1.54, 1.807) is 0 Å². The van der Waals surface area contributed by atoms with E-state index in [4.69, 9.17) is 5.73 Å². The Hall–Kier alpha value is -0.0800. The van der Waals surface area contributed by atoms with Gasteiger partial charge in [-0.15, -0.1) is 0 Å². The highest BCUT2D eigenvalue weighted by molar-refractivity contribution is 4.98. The van der Waals surface area contributed by atoms with Crippen molar-refractivity contribution in [2.45, 2.75) is 70.8 Å². The van der Waals surface area contributed by atoms with Crippen LogP contribution < -0.4 is 5.73 Å². The molecule has 2 heteroatoms. The molecular formula is C18H34N2. The maximum absolute atomic E-state index is 6.29.